The topological polar surface area (TPSA) is 83.7 Å². The maximum Gasteiger partial charge on any atom is 0.255 e. The number of hydrogen-bond donors (Lipinski definition) is 0. The minimum atomic E-state index is -3.66. The fourth-order valence-corrected chi connectivity index (χ4v) is 4.14. The van der Waals surface area contributed by atoms with Gasteiger partial charge in [-0.2, -0.15) is 0 Å². The van der Waals surface area contributed by atoms with Gasteiger partial charge < -0.3 is 9.42 Å². The first-order valence-electron chi connectivity index (χ1n) is 9.68. The number of aromatic nitrogens is 1. The second-order valence-corrected chi connectivity index (χ2v) is 9.86. The maximum atomic E-state index is 12.8. The minimum Gasteiger partial charge on any atom is -0.361 e. The van der Waals surface area contributed by atoms with Crippen molar-refractivity contribution in [2.24, 2.45) is 0 Å². The summed E-state index contributed by atoms with van der Waals surface area (Å²) in [5.74, 6) is 0.389. The van der Waals surface area contributed by atoms with Gasteiger partial charge >= 0.3 is 0 Å². The average Bonchev–Trinajstić information content (AvgIpc) is 3.23. The third-order valence-corrected chi connectivity index (χ3v) is 6.98. The van der Waals surface area contributed by atoms with E-state index in [-0.39, 0.29) is 21.4 Å². The quantitative estimate of drug-likeness (QED) is 0.507. The Morgan fingerprint density at radius 3 is 2.45 bits per heavy atom. The molecule has 164 valence electrons. The normalized spacial score (nSPS) is 11.6. The van der Waals surface area contributed by atoms with Crippen LogP contribution in [0.25, 0.3) is 11.3 Å². The first kappa shape index (κ1) is 23.0. The Labute approximate surface area is 187 Å². The van der Waals surface area contributed by atoms with Crippen molar-refractivity contribution in [2.75, 3.05) is 27.7 Å². The van der Waals surface area contributed by atoms with E-state index >= 15 is 0 Å². The number of sulfonamides is 1. The summed E-state index contributed by atoms with van der Waals surface area (Å²) in [6.45, 7) is 0.446. The molecule has 0 atom stereocenters. The monoisotopic (exact) mass is 461 g/mol. The molecule has 0 aliphatic carbocycles. The molecule has 2 aromatic carbocycles. The summed E-state index contributed by atoms with van der Waals surface area (Å²) in [6.07, 6.45) is 1.26. The Morgan fingerprint density at radius 1 is 1.06 bits per heavy atom. The number of aryl methyl sites for hydroxylation is 1. The molecular formula is C22H24ClN3O4S. The third-order valence-electron chi connectivity index (χ3n) is 4.84. The second-order valence-electron chi connectivity index (χ2n) is 7.30. The number of amides is 1. The number of carbonyl (C=O) groups is 1. The molecule has 31 heavy (non-hydrogen) atoms. The minimum absolute atomic E-state index is 0.0220. The highest BCUT2D eigenvalue weighted by Crippen LogP contribution is 2.24. The van der Waals surface area contributed by atoms with E-state index in [2.05, 4.69) is 5.16 Å². The molecule has 0 saturated heterocycles. The molecule has 0 fully saturated rings. The number of nitrogens with zero attached hydrogens (tertiary/aromatic N) is 3. The summed E-state index contributed by atoms with van der Waals surface area (Å²) in [6, 6.07) is 15.8. The molecule has 0 N–H and O–H groups in total. The Hall–Kier alpha value is -2.68. The number of halogens is 1. The molecule has 7 nitrogen and oxygen atoms in total. The van der Waals surface area contributed by atoms with Crippen LogP contribution in [0.2, 0.25) is 5.02 Å². The van der Waals surface area contributed by atoms with Crippen molar-refractivity contribution < 1.29 is 17.7 Å². The SMILES string of the molecule is CN(CCCc1cc(-c2ccccc2)no1)C(=O)c1cc(S(=O)(=O)N(C)C)ccc1Cl. The van der Waals surface area contributed by atoms with Crippen LogP contribution in [-0.4, -0.2) is 56.4 Å². The van der Waals surface area contributed by atoms with Crippen LogP contribution in [0.1, 0.15) is 22.5 Å². The van der Waals surface area contributed by atoms with E-state index in [0.717, 1.165) is 21.3 Å². The summed E-state index contributed by atoms with van der Waals surface area (Å²) in [7, 11) is 0.860. The van der Waals surface area contributed by atoms with E-state index in [9.17, 15) is 13.2 Å². The molecule has 0 saturated carbocycles. The van der Waals surface area contributed by atoms with Gasteiger partial charge in [0.2, 0.25) is 10.0 Å². The Kier molecular flexibility index (Phi) is 7.15. The van der Waals surface area contributed by atoms with Crippen LogP contribution in [0.15, 0.2) is 64.0 Å². The van der Waals surface area contributed by atoms with Crippen molar-refractivity contribution in [3.8, 4) is 11.3 Å². The molecule has 1 heterocycles. The van der Waals surface area contributed by atoms with E-state index in [1.54, 1.807) is 7.05 Å². The van der Waals surface area contributed by atoms with Crippen LogP contribution in [0, 0.1) is 0 Å². The standard InChI is InChI=1S/C22H24ClN3O4S/c1-25(2)31(28,29)18-11-12-20(23)19(15-18)22(27)26(3)13-7-10-17-14-21(24-30-17)16-8-5-4-6-9-16/h4-6,8-9,11-12,14-15H,7,10,13H2,1-3H3. The highest BCUT2D eigenvalue weighted by Gasteiger charge is 2.22. The lowest BCUT2D eigenvalue weighted by Crippen LogP contribution is -2.29. The maximum absolute atomic E-state index is 12.8. The summed E-state index contributed by atoms with van der Waals surface area (Å²) in [5.41, 5.74) is 1.90. The van der Waals surface area contributed by atoms with Gasteiger partial charge in [0, 0.05) is 45.7 Å². The van der Waals surface area contributed by atoms with Gasteiger partial charge in [-0.05, 0) is 24.6 Å². The predicted molar refractivity (Wildman–Crippen MR) is 120 cm³/mol. The van der Waals surface area contributed by atoms with Gasteiger partial charge in [-0.3, -0.25) is 4.79 Å². The van der Waals surface area contributed by atoms with Gasteiger partial charge in [0.05, 0.1) is 15.5 Å². The number of benzene rings is 2. The molecule has 0 bridgehead atoms. The molecular weight excluding hydrogens is 438 g/mol. The van der Waals surface area contributed by atoms with Gasteiger partial charge in [0.25, 0.3) is 5.91 Å². The summed E-state index contributed by atoms with van der Waals surface area (Å²) < 4.78 is 31.2. The highest BCUT2D eigenvalue weighted by molar-refractivity contribution is 7.89. The number of hydrogen-bond acceptors (Lipinski definition) is 5. The van der Waals surface area contributed by atoms with Crippen LogP contribution < -0.4 is 0 Å². The average molecular weight is 462 g/mol. The largest absolute Gasteiger partial charge is 0.361 e. The van der Waals surface area contributed by atoms with E-state index in [0.29, 0.717) is 19.4 Å². The number of rotatable bonds is 8. The van der Waals surface area contributed by atoms with E-state index in [4.69, 9.17) is 16.1 Å². The smallest absolute Gasteiger partial charge is 0.255 e. The van der Waals surface area contributed by atoms with E-state index in [1.165, 1.54) is 37.2 Å². The Morgan fingerprint density at radius 2 is 1.77 bits per heavy atom. The third kappa shape index (κ3) is 5.33. The first-order chi connectivity index (χ1) is 14.7. The summed E-state index contributed by atoms with van der Waals surface area (Å²) in [4.78, 5) is 14.4. The van der Waals surface area contributed by atoms with Crippen molar-refractivity contribution in [3.63, 3.8) is 0 Å². The van der Waals surface area contributed by atoms with E-state index < -0.39 is 10.0 Å². The van der Waals surface area contributed by atoms with Crippen LogP contribution in [0.4, 0.5) is 0 Å². The molecule has 1 amide bonds. The zero-order chi connectivity index (χ0) is 22.6. The van der Waals surface area contributed by atoms with Crippen LogP contribution >= 0.6 is 11.6 Å². The Bertz CT molecular complexity index is 1160. The van der Waals surface area contributed by atoms with Gasteiger partial charge in [-0.15, -0.1) is 0 Å². The van der Waals surface area contributed by atoms with Crippen molar-refractivity contribution in [2.45, 2.75) is 17.7 Å². The van der Waals surface area contributed by atoms with Crippen molar-refractivity contribution in [1.29, 1.82) is 0 Å². The molecule has 0 aliphatic rings. The lowest BCUT2D eigenvalue weighted by Gasteiger charge is -2.19. The van der Waals surface area contributed by atoms with Crippen LogP contribution in [0.5, 0.6) is 0 Å². The second kappa shape index (κ2) is 9.64. The van der Waals surface area contributed by atoms with Crippen molar-refractivity contribution in [1.82, 2.24) is 14.4 Å². The number of carbonyl (C=O) groups excluding carboxylic acids is 1. The van der Waals surface area contributed by atoms with Crippen LogP contribution in [-0.2, 0) is 16.4 Å². The molecule has 0 spiro atoms. The molecule has 1 aromatic heterocycles. The fraction of sp³-hybridized carbons (Fsp3) is 0.273. The summed E-state index contributed by atoms with van der Waals surface area (Å²) in [5, 5.41) is 4.30. The van der Waals surface area contributed by atoms with Gasteiger partial charge in [0.15, 0.2) is 0 Å². The molecule has 9 heteroatoms. The van der Waals surface area contributed by atoms with Gasteiger partial charge in [-0.1, -0.05) is 47.1 Å². The zero-order valence-corrected chi connectivity index (χ0v) is 19.2. The molecule has 3 rings (SSSR count). The van der Waals surface area contributed by atoms with Gasteiger partial charge in [0.1, 0.15) is 11.5 Å². The highest BCUT2D eigenvalue weighted by atomic mass is 35.5. The fourth-order valence-electron chi connectivity index (χ4n) is 3.01. The van der Waals surface area contributed by atoms with Crippen molar-refractivity contribution >= 4 is 27.5 Å². The van der Waals surface area contributed by atoms with Gasteiger partial charge in [-0.25, -0.2) is 12.7 Å². The predicted octanol–water partition coefficient (Wildman–Crippen LogP) is 3.95. The first-order valence-corrected chi connectivity index (χ1v) is 11.5. The molecule has 3 aromatic rings. The summed E-state index contributed by atoms with van der Waals surface area (Å²) >= 11 is 6.18. The zero-order valence-electron chi connectivity index (χ0n) is 17.6. The van der Waals surface area contributed by atoms with Crippen molar-refractivity contribution in [3.05, 3.63) is 70.9 Å². The van der Waals surface area contributed by atoms with E-state index in [1.807, 2.05) is 36.4 Å². The molecule has 0 radical (unpaired) electrons. The molecule has 0 aliphatic heterocycles. The molecule has 0 unspecified atom stereocenters. The Balaban J connectivity index is 1.63. The lowest BCUT2D eigenvalue weighted by atomic mass is 10.1. The van der Waals surface area contributed by atoms with Crippen LogP contribution in [0.3, 0.4) is 0 Å². The lowest BCUT2D eigenvalue weighted by molar-refractivity contribution is 0.0792.